The molecule has 0 saturated carbocycles. The third-order valence-corrected chi connectivity index (χ3v) is 9.69. The molecule has 0 aliphatic heterocycles. The predicted octanol–water partition coefficient (Wildman–Crippen LogP) is 9.36. The zero-order valence-electron chi connectivity index (χ0n) is 25.2. The summed E-state index contributed by atoms with van der Waals surface area (Å²) >= 11 is 1.59. The average Bonchev–Trinajstić information content (AvgIpc) is 3.88. The van der Waals surface area contributed by atoms with E-state index < -0.39 is 5.54 Å². The van der Waals surface area contributed by atoms with Gasteiger partial charge in [0.2, 0.25) is 0 Å². The van der Waals surface area contributed by atoms with Crippen LogP contribution in [0.4, 0.5) is 4.39 Å². The maximum atomic E-state index is 14.2. The van der Waals surface area contributed by atoms with E-state index in [0.29, 0.717) is 0 Å². The molecular weight excluding hydrogens is 590 g/mol. The van der Waals surface area contributed by atoms with Crippen molar-refractivity contribution in [3.8, 4) is 33.1 Å². The van der Waals surface area contributed by atoms with Crippen molar-refractivity contribution in [3.05, 3.63) is 168 Å². The van der Waals surface area contributed by atoms with Gasteiger partial charge in [0.05, 0.1) is 6.20 Å². The van der Waals surface area contributed by atoms with Crippen LogP contribution in [0.1, 0.15) is 23.1 Å². The second-order valence-electron chi connectivity index (χ2n) is 11.6. The van der Waals surface area contributed by atoms with Crippen LogP contribution in [0.25, 0.3) is 38.7 Å². The quantitative estimate of drug-likeness (QED) is 0.179. The largest absolute Gasteiger partial charge is 0.297 e. The number of imidazole rings is 1. The number of halogens is 1. The number of allylic oxidation sites excluding steroid dienone is 4. The van der Waals surface area contributed by atoms with Gasteiger partial charge in [-0.15, -0.1) is 11.3 Å². The molecule has 5 nitrogen and oxygen atoms in total. The summed E-state index contributed by atoms with van der Waals surface area (Å²) in [7, 11) is 0. The molecule has 0 amide bonds. The van der Waals surface area contributed by atoms with E-state index in [1.54, 1.807) is 11.3 Å². The molecule has 3 aromatic carbocycles. The Balaban J connectivity index is 1.44. The molecule has 0 N–H and O–H groups in total. The fourth-order valence-corrected chi connectivity index (χ4v) is 7.45. The molecule has 0 fully saturated rings. The van der Waals surface area contributed by atoms with Gasteiger partial charge in [0.1, 0.15) is 33.4 Å². The van der Waals surface area contributed by atoms with E-state index in [9.17, 15) is 4.39 Å². The highest BCUT2D eigenvalue weighted by Crippen LogP contribution is 2.46. The third kappa shape index (κ3) is 4.63. The molecule has 1 atom stereocenters. The molecule has 4 heterocycles. The molecule has 0 saturated heterocycles. The summed E-state index contributed by atoms with van der Waals surface area (Å²) in [5.74, 6) is -0.207. The van der Waals surface area contributed by atoms with Crippen LogP contribution in [0.2, 0.25) is 0 Å². The van der Waals surface area contributed by atoms with Crippen LogP contribution in [0.5, 0.6) is 0 Å². The SMILES string of the molecule is Cc1cc(-c2cn(C(c3ccccc3)(c3ccccc3)C3C=CC=CC3)nc2-c2ccc(F)cc2)cn2c(-c3nccs3)cnc12. The first-order valence-corrected chi connectivity index (χ1v) is 16.2. The van der Waals surface area contributed by atoms with Gasteiger partial charge in [-0.2, -0.15) is 5.10 Å². The van der Waals surface area contributed by atoms with E-state index >= 15 is 0 Å². The number of fused-ring (bicyclic) bond motifs is 1. The Morgan fingerprint density at radius 2 is 1.59 bits per heavy atom. The van der Waals surface area contributed by atoms with Crippen molar-refractivity contribution in [2.75, 3.05) is 0 Å². The zero-order valence-corrected chi connectivity index (χ0v) is 26.0. The van der Waals surface area contributed by atoms with Crippen molar-refractivity contribution >= 4 is 17.0 Å². The van der Waals surface area contributed by atoms with Gasteiger partial charge in [0, 0.05) is 46.6 Å². The standard InChI is InChI=1S/C39H30FN5S/c1-27-23-29(25-44-35(24-42-37(27)44)38-41-21-22-46-38)34-26-45(43-36(34)28-17-19-33(40)20-18-28)39(30-11-5-2-6-12-30,31-13-7-3-8-14-31)32-15-9-4-10-16-32/h2-15,17-26,32H,16H2,1H3. The minimum absolute atomic E-state index is 0.0745. The highest BCUT2D eigenvalue weighted by molar-refractivity contribution is 7.13. The minimum atomic E-state index is -0.670. The minimum Gasteiger partial charge on any atom is -0.297 e. The number of aromatic nitrogens is 5. The van der Waals surface area contributed by atoms with E-state index in [0.717, 1.165) is 61.8 Å². The second-order valence-corrected chi connectivity index (χ2v) is 12.5. The Hall–Kier alpha value is -5.40. The number of rotatable bonds is 7. The van der Waals surface area contributed by atoms with Crippen molar-refractivity contribution in [3.63, 3.8) is 0 Å². The molecule has 46 heavy (non-hydrogen) atoms. The maximum Gasteiger partial charge on any atom is 0.141 e. The van der Waals surface area contributed by atoms with Crippen LogP contribution in [0.3, 0.4) is 0 Å². The smallest absolute Gasteiger partial charge is 0.141 e. The fourth-order valence-electron chi connectivity index (χ4n) is 6.80. The molecule has 7 aromatic rings. The van der Waals surface area contributed by atoms with E-state index in [-0.39, 0.29) is 11.7 Å². The molecule has 1 unspecified atom stereocenters. The van der Waals surface area contributed by atoms with Crippen molar-refractivity contribution < 1.29 is 4.39 Å². The number of thiazole rings is 1. The van der Waals surface area contributed by atoms with Gasteiger partial charge in [-0.1, -0.05) is 85.0 Å². The summed E-state index contributed by atoms with van der Waals surface area (Å²) in [6, 6.07) is 30.0. The Kier molecular flexibility index (Phi) is 7.03. The van der Waals surface area contributed by atoms with Gasteiger partial charge in [-0.05, 0) is 60.4 Å². The van der Waals surface area contributed by atoms with Crippen LogP contribution < -0.4 is 0 Å². The molecule has 8 rings (SSSR count). The lowest BCUT2D eigenvalue weighted by atomic mass is 9.70. The number of hydrogen-bond donors (Lipinski definition) is 0. The average molecular weight is 620 g/mol. The number of aryl methyl sites for hydroxylation is 1. The molecule has 1 aliphatic rings. The van der Waals surface area contributed by atoms with E-state index in [2.05, 4.69) is 124 Å². The normalized spacial score (nSPS) is 14.7. The molecule has 7 heteroatoms. The number of pyridine rings is 1. The summed E-state index contributed by atoms with van der Waals surface area (Å²) in [6.07, 6.45) is 17.6. The number of benzene rings is 3. The van der Waals surface area contributed by atoms with E-state index in [1.807, 2.05) is 29.9 Å². The highest BCUT2D eigenvalue weighted by atomic mass is 32.1. The van der Waals surface area contributed by atoms with Crippen LogP contribution in [-0.4, -0.2) is 24.1 Å². The summed E-state index contributed by atoms with van der Waals surface area (Å²) in [5.41, 5.74) is 8.01. The molecule has 1 aliphatic carbocycles. The summed E-state index contributed by atoms with van der Waals surface area (Å²) < 4.78 is 18.5. The Bertz CT molecular complexity index is 2150. The van der Waals surface area contributed by atoms with Crippen LogP contribution in [-0.2, 0) is 5.54 Å². The monoisotopic (exact) mass is 619 g/mol. The van der Waals surface area contributed by atoms with E-state index in [4.69, 9.17) is 10.1 Å². The Labute approximate surface area is 270 Å². The Morgan fingerprint density at radius 1 is 0.848 bits per heavy atom. The number of hydrogen-bond acceptors (Lipinski definition) is 4. The molecule has 0 spiro atoms. The molecule has 0 radical (unpaired) electrons. The molecule has 224 valence electrons. The van der Waals surface area contributed by atoms with Crippen LogP contribution >= 0.6 is 11.3 Å². The van der Waals surface area contributed by atoms with Crippen LogP contribution in [0, 0.1) is 18.7 Å². The third-order valence-electron chi connectivity index (χ3n) is 8.89. The van der Waals surface area contributed by atoms with Crippen LogP contribution in [0.15, 0.2) is 145 Å². The topological polar surface area (TPSA) is 48.0 Å². The van der Waals surface area contributed by atoms with E-state index in [1.165, 1.54) is 12.1 Å². The number of nitrogens with zero attached hydrogens (tertiary/aromatic N) is 5. The highest BCUT2D eigenvalue weighted by Gasteiger charge is 2.44. The van der Waals surface area contributed by atoms with Crippen molar-refractivity contribution in [1.29, 1.82) is 0 Å². The van der Waals surface area contributed by atoms with Crippen molar-refractivity contribution in [1.82, 2.24) is 24.1 Å². The predicted molar refractivity (Wildman–Crippen MR) is 183 cm³/mol. The van der Waals surface area contributed by atoms with Crippen molar-refractivity contribution in [2.45, 2.75) is 18.9 Å². The van der Waals surface area contributed by atoms with Crippen molar-refractivity contribution in [2.24, 2.45) is 5.92 Å². The molecule has 4 aromatic heterocycles. The van der Waals surface area contributed by atoms with Gasteiger partial charge >= 0.3 is 0 Å². The molecule has 0 bridgehead atoms. The summed E-state index contributed by atoms with van der Waals surface area (Å²) in [4.78, 5) is 9.30. The van der Waals surface area contributed by atoms with Gasteiger partial charge < -0.3 is 0 Å². The lowest BCUT2D eigenvalue weighted by molar-refractivity contribution is 0.293. The second kappa shape index (κ2) is 11.5. The fraction of sp³-hybridized carbons (Fsp3) is 0.103. The lowest BCUT2D eigenvalue weighted by Crippen LogP contribution is -2.43. The zero-order chi connectivity index (χ0) is 31.1. The lowest BCUT2D eigenvalue weighted by Gasteiger charge is -2.41. The van der Waals surface area contributed by atoms with Gasteiger partial charge in [-0.25, -0.2) is 14.4 Å². The first kappa shape index (κ1) is 28.1. The molecular formula is C39H30FN5S. The van der Waals surface area contributed by atoms with Gasteiger partial charge in [0.25, 0.3) is 0 Å². The Morgan fingerprint density at radius 3 is 2.24 bits per heavy atom. The van der Waals surface area contributed by atoms with Gasteiger partial charge in [-0.3, -0.25) is 9.08 Å². The maximum absolute atomic E-state index is 14.2. The first-order valence-electron chi connectivity index (χ1n) is 15.3. The summed E-state index contributed by atoms with van der Waals surface area (Å²) in [5, 5.41) is 8.34. The first-order chi connectivity index (χ1) is 22.6. The van der Waals surface area contributed by atoms with Gasteiger partial charge in [0.15, 0.2) is 0 Å². The summed E-state index contributed by atoms with van der Waals surface area (Å²) in [6.45, 7) is 2.08.